The Morgan fingerprint density at radius 1 is 1.32 bits per heavy atom. The van der Waals surface area contributed by atoms with E-state index in [4.69, 9.17) is 4.74 Å². The number of carbonyl (C=O) groups excluding carboxylic acids is 2. The van der Waals surface area contributed by atoms with Crippen molar-refractivity contribution in [2.24, 2.45) is 11.8 Å². The molecule has 3 aliphatic heterocycles. The highest BCUT2D eigenvalue weighted by Crippen LogP contribution is 2.60. The number of halogens is 1. The number of nitrogens with zero attached hydrogens (tertiary/aromatic N) is 1. The Balaban J connectivity index is 1.38. The van der Waals surface area contributed by atoms with Crippen LogP contribution in [0.2, 0.25) is 0 Å². The number of sulfone groups is 1. The molecule has 1 aromatic carbocycles. The van der Waals surface area contributed by atoms with Gasteiger partial charge in [-0.1, -0.05) is 13.0 Å². The Labute approximate surface area is 162 Å². The van der Waals surface area contributed by atoms with E-state index < -0.39 is 27.9 Å². The van der Waals surface area contributed by atoms with Gasteiger partial charge in [0.25, 0.3) is 0 Å². The van der Waals surface area contributed by atoms with Crippen molar-refractivity contribution in [3.63, 3.8) is 0 Å². The van der Waals surface area contributed by atoms with Crippen LogP contribution in [0, 0.1) is 17.7 Å². The molecule has 2 saturated heterocycles. The van der Waals surface area contributed by atoms with Gasteiger partial charge in [0.1, 0.15) is 11.9 Å². The first kappa shape index (κ1) is 17.9. The lowest BCUT2D eigenvalue weighted by atomic mass is 10.00. The Kier molecular flexibility index (Phi) is 3.78. The first-order valence-electron chi connectivity index (χ1n) is 9.58. The summed E-state index contributed by atoms with van der Waals surface area (Å²) in [5.41, 5.74) is 1.95. The van der Waals surface area contributed by atoms with Crippen LogP contribution in [0.25, 0.3) is 0 Å². The van der Waals surface area contributed by atoms with Crippen LogP contribution in [0.15, 0.2) is 12.1 Å². The van der Waals surface area contributed by atoms with E-state index in [0.29, 0.717) is 24.1 Å². The molecule has 0 bridgehead atoms. The van der Waals surface area contributed by atoms with Crippen LogP contribution in [0.3, 0.4) is 0 Å². The van der Waals surface area contributed by atoms with E-state index in [0.717, 1.165) is 5.56 Å². The van der Waals surface area contributed by atoms with Crippen molar-refractivity contribution in [2.75, 3.05) is 23.0 Å². The van der Waals surface area contributed by atoms with Crippen molar-refractivity contribution in [1.29, 1.82) is 0 Å². The van der Waals surface area contributed by atoms with E-state index in [1.165, 1.54) is 11.0 Å². The summed E-state index contributed by atoms with van der Waals surface area (Å²) in [5.74, 6) is -0.254. The maximum atomic E-state index is 14.8. The minimum Gasteiger partial charge on any atom is -0.442 e. The van der Waals surface area contributed by atoms with Gasteiger partial charge in [-0.15, -0.1) is 0 Å². The minimum absolute atomic E-state index is 0.0146. The number of hydrogen-bond acceptors (Lipinski definition) is 5. The molecule has 9 heteroatoms. The largest absolute Gasteiger partial charge is 0.442 e. The third kappa shape index (κ3) is 2.62. The lowest BCUT2D eigenvalue weighted by Gasteiger charge is -2.17. The average Bonchev–Trinajstić information content (AvgIpc) is 2.95. The van der Waals surface area contributed by atoms with Gasteiger partial charge in [-0.25, -0.2) is 17.6 Å². The number of cyclic esters (lactones) is 1. The normalized spacial score (nSPS) is 33.9. The van der Waals surface area contributed by atoms with Gasteiger partial charge >= 0.3 is 6.09 Å². The lowest BCUT2D eigenvalue weighted by Crippen LogP contribution is -2.40. The molecule has 2 unspecified atom stereocenters. The zero-order valence-corrected chi connectivity index (χ0v) is 16.2. The molecule has 4 aliphatic rings. The van der Waals surface area contributed by atoms with Gasteiger partial charge in [0, 0.05) is 6.42 Å². The highest BCUT2D eigenvalue weighted by molar-refractivity contribution is 7.91. The number of rotatable bonds is 4. The van der Waals surface area contributed by atoms with Crippen LogP contribution < -0.4 is 10.2 Å². The quantitative estimate of drug-likeness (QED) is 0.812. The number of hydrogen-bond donors (Lipinski definition) is 1. The third-order valence-electron chi connectivity index (χ3n) is 6.50. The number of ether oxygens (including phenoxy) is 1. The zero-order valence-electron chi connectivity index (χ0n) is 15.4. The molecule has 1 saturated carbocycles. The van der Waals surface area contributed by atoms with Crippen molar-refractivity contribution < 1.29 is 27.1 Å². The second kappa shape index (κ2) is 5.92. The van der Waals surface area contributed by atoms with Gasteiger partial charge < -0.3 is 10.1 Å². The highest BCUT2D eigenvalue weighted by Gasteiger charge is 2.60. The lowest BCUT2D eigenvalue weighted by molar-refractivity contribution is -0.121. The minimum atomic E-state index is -2.98. The number of fused-ring (bicyclic) bond motifs is 4. The maximum Gasteiger partial charge on any atom is 0.415 e. The maximum absolute atomic E-state index is 14.8. The Hall–Kier alpha value is -2.16. The monoisotopic (exact) mass is 408 g/mol. The second-order valence-electron chi connectivity index (χ2n) is 8.15. The molecule has 2 amide bonds. The fourth-order valence-corrected chi connectivity index (χ4v) is 7.31. The zero-order chi connectivity index (χ0) is 19.8. The number of benzene rings is 1. The molecule has 0 aromatic heterocycles. The topological polar surface area (TPSA) is 92.8 Å². The molecule has 5 rings (SSSR count). The van der Waals surface area contributed by atoms with E-state index in [9.17, 15) is 22.4 Å². The summed E-state index contributed by atoms with van der Waals surface area (Å²) < 4.78 is 43.6. The van der Waals surface area contributed by atoms with E-state index in [2.05, 4.69) is 5.32 Å². The van der Waals surface area contributed by atoms with Gasteiger partial charge in [0.15, 0.2) is 9.84 Å². The summed E-state index contributed by atoms with van der Waals surface area (Å²) in [6.07, 6.45) is -0.127. The molecule has 150 valence electrons. The van der Waals surface area contributed by atoms with Crippen molar-refractivity contribution >= 4 is 27.5 Å². The number of carbonyl (C=O) groups is 2. The van der Waals surface area contributed by atoms with E-state index in [-0.39, 0.29) is 47.8 Å². The van der Waals surface area contributed by atoms with Gasteiger partial charge in [0.2, 0.25) is 5.91 Å². The molecule has 7 nitrogen and oxygen atoms in total. The summed E-state index contributed by atoms with van der Waals surface area (Å²) in [4.78, 5) is 25.3. The number of anilines is 1. The van der Waals surface area contributed by atoms with Gasteiger partial charge in [-0.3, -0.25) is 9.69 Å². The Bertz CT molecular complexity index is 976. The van der Waals surface area contributed by atoms with E-state index in [1.54, 1.807) is 13.0 Å². The SMILES string of the molecule is CCC(=O)NC[C@@H]1OC(=O)N2c3cc(F)c(C4C5CS(=O)(=O)CC54)cc3C[C@@H]12. The first-order chi connectivity index (χ1) is 13.3. The van der Waals surface area contributed by atoms with Crippen LogP contribution in [-0.4, -0.2) is 50.6 Å². The molecule has 28 heavy (non-hydrogen) atoms. The van der Waals surface area contributed by atoms with Crippen molar-refractivity contribution in [2.45, 2.75) is 37.8 Å². The van der Waals surface area contributed by atoms with Crippen LogP contribution >= 0.6 is 0 Å². The fourth-order valence-electron chi connectivity index (χ4n) is 5.09. The van der Waals surface area contributed by atoms with E-state index >= 15 is 0 Å². The standard InChI is InChI=1S/C19H21FN2O5S/c1-2-17(23)21-6-16-15-4-9-3-10(18-11-7-28(25,26)8-12(11)18)13(20)5-14(9)22(15)19(24)27-16/h3,5,11-12,15-16,18H,2,4,6-8H2,1H3,(H,21,23)/t11?,12?,15-,16-,18?/m0/s1. The van der Waals surface area contributed by atoms with Crippen LogP contribution in [0.4, 0.5) is 14.9 Å². The van der Waals surface area contributed by atoms with Crippen molar-refractivity contribution in [1.82, 2.24) is 5.32 Å². The summed E-state index contributed by atoms with van der Waals surface area (Å²) >= 11 is 0. The second-order valence-corrected chi connectivity index (χ2v) is 10.3. The summed E-state index contributed by atoms with van der Waals surface area (Å²) in [6, 6.07) is 2.91. The highest BCUT2D eigenvalue weighted by atomic mass is 32.2. The number of nitrogens with one attached hydrogen (secondary N) is 1. The molecule has 1 aromatic rings. The van der Waals surface area contributed by atoms with Crippen LogP contribution in [-0.2, 0) is 25.8 Å². The van der Waals surface area contributed by atoms with Gasteiger partial charge in [0.05, 0.1) is 29.8 Å². The molecular formula is C19H21FN2O5S. The molecule has 4 atom stereocenters. The van der Waals surface area contributed by atoms with Gasteiger partial charge in [-0.05, 0) is 41.4 Å². The number of amides is 2. The summed E-state index contributed by atoms with van der Waals surface area (Å²) in [5, 5.41) is 2.75. The molecule has 1 N–H and O–H groups in total. The fraction of sp³-hybridized carbons (Fsp3) is 0.579. The van der Waals surface area contributed by atoms with Crippen molar-refractivity contribution in [3.8, 4) is 0 Å². The first-order valence-corrected chi connectivity index (χ1v) is 11.4. The molecule has 3 heterocycles. The molecule has 0 spiro atoms. The summed E-state index contributed by atoms with van der Waals surface area (Å²) in [6.45, 7) is 1.98. The van der Waals surface area contributed by atoms with Crippen LogP contribution in [0.5, 0.6) is 0 Å². The smallest absolute Gasteiger partial charge is 0.415 e. The molecule has 3 fully saturated rings. The predicted molar refractivity (Wildman–Crippen MR) is 98.3 cm³/mol. The van der Waals surface area contributed by atoms with Gasteiger partial charge in [-0.2, -0.15) is 0 Å². The molecular weight excluding hydrogens is 387 g/mol. The average molecular weight is 408 g/mol. The summed E-state index contributed by atoms with van der Waals surface area (Å²) in [7, 11) is -2.98. The third-order valence-corrected chi connectivity index (χ3v) is 8.29. The Morgan fingerprint density at radius 3 is 2.71 bits per heavy atom. The Morgan fingerprint density at radius 2 is 2.04 bits per heavy atom. The van der Waals surface area contributed by atoms with E-state index in [1.807, 2.05) is 0 Å². The van der Waals surface area contributed by atoms with Crippen molar-refractivity contribution in [3.05, 3.63) is 29.1 Å². The molecule has 0 radical (unpaired) electrons. The predicted octanol–water partition coefficient (Wildman–Crippen LogP) is 1.36. The molecule has 1 aliphatic carbocycles. The van der Waals surface area contributed by atoms with Crippen LogP contribution in [0.1, 0.15) is 30.4 Å².